The number of pyridine rings is 1. The second-order valence-electron chi connectivity index (χ2n) is 2.83. The van der Waals surface area contributed by atoms with Crippen LogP contribution < -0.4 is 4.74 Å². The number of halogens is 2. The Balaban J connectivity index is 3.42. The Kier molecular flexibility index (Phi) is 3.18. The van der Waals surface area contributed by atoms with Crippen LogP contribution in [0.1, 0.15) is 27.9 Å². The van der Waals surface area contributed by atoms with Gasteiger partial charge in [-0.25, -0.2) is 18.6 Å². The van der Waals surface area contributed by atoms with Gasteiger partial charge in [-0.1, -0.05) is 0 Å². The van der Waals surface area contributed by atoms with Gasteiger partial charge in [-0.15, -0.1) is 0 Å². The fourth-order valence-electron chi connectivity index (χ4n) is 1.23. The van der Waals surface area contributed by atoms with Gasteiger partial charge in [-0.2, -0.15) is 0 Å². The number of nitrogens with zero attached hydrogens (tertiary/aromatic N) is 1. The van der Waals surface area contributed by atoms with E-state index in [2.05, 4.69) is 9.72 Å². The molecule has 0 bridgehead atoms. The molecule has 0 unspecified atom stereocenters. The molecule has 0 aromatic carbocycles. The lowest BCUT2D eigenvalue weighted by molar-refractivity contribution is 0.0694. The quantitative estimate of drug-likeness (QED) is 0.841. The maximum atomic E-state index is 12.6. The Hall–Kier alpha value is -1.72. The van der Waals surface area contributed by atoms with Crippen LogP contribution in [-0.4, -0.2) is 23.2 Å². The highest BCUT2D eigenvalue weighted by Crippen LogP contribution is 2.31. The molecule has 1 aromatic rings. The number of hydrogen-bond donors (Lipinski definition) is 1. The number of aromatic carboxylic acids is 1. The zero-order valence-corrected chi connectivity index (χ0v) is 8.12. The van der Waals surface area contributed by atoms with Crippen molar-refractivity contribution < 1.29 is 23.4 Å². The summed E-state index contributed by atoms with van der Waals surface area (Å²) in [5.74, 6) is -1.53. The first-order valence-corrected chi connectivity index (χ1v) is 4.04. The van der Waals surface area contributed by atoms with Gasteiger partial charge in [-0.3, -0.25) is 0 Å². The molecule has 0 aliphatic heterocycles. The van der Waals surface area contributed by atoms with Crippen molar-refractivity contribution in [2.24, 2.45) is 0 Å². The number of aromatic nitrogens is 1. The van der Waals surface area contributed by atoms with Crippen molar-refractivity contribution in [3.05, 3.63) is 22.9 Å². The molecule has 1 rings (SSSR count). The summed E-state index contributed by atoms with van der Waals surface area (Å²) in [4.78, 5) is 14.2. The van der Waals surface area contributed by atoms with E-state index >= 15 is 0 Å². The third-order valence-corrected chi connectivity index (χ3v) is 1.99. The summed E-state index contributed by atoms with van der Waals surface area (Å²) in [6.07, 6.45) is -1.81. The second kappa shape index (κ2) is 4.20. The summed E-state index contributed by atoms with van der Waals surface area (Å²) in [7, 11) is 1.20. The van der Waals surface area contributed by atoms with Crippen LogP contribution in [0.25, 0.3) is 0 Å². The minimum absolute atomic E-state index is 0.0237. The molecule has 0 atom stereocenters. The van der Waals surface area contributed by atoms with Gasteiger partial charge < -0.3 is 9.84 Å². The van der Waals surface area contributed by atoms with Crippen LogP contribution in [-0.2, 0) is 0 Å². The molecule has 0 amide bonds. The molecule has 6 heteroatoms. The summed E-state index contributed by atoms with van der Waals surface area (Å²) >= 11 is 0. The molecule has 0 aliphatic rings. The van der Waals surface area contributed by atoms with E-state index in [1.165, 1.54) is 14.0 Å². The molecule has 0 saturated heterocycles. The van der Waals surface area contributed by atoms with Crippen molar-refractivity contribution in [2.75, 3.05) is 7.11 Å². The van der Waals surface area contributed by atoms with Crippen LogP contribution in [0.15, 0.2) is 6.20 Å². The molecule has 0 spiro atoms. The number of hydrogen-bond acceptors (Lipinski definition) is 3. The largest absolute Gasteiger partial charge is 0.481 e. The van der Waals surface area contributed by atoms with Gasteiger partial charge in [0.05, 0.1) is 18.2 Å². The van der Waals surface area contributed by atoms with E-state index < -0.39 is 18.0 Å². The summed E-state index contributed by atoms with van der Waals surface area (Å²) in [6, 6.07) is 0. The fraction of sp³-hybridized carbons (Fsp3) is 0.333. The molecule has 0 fully saturated rings. The van der Waals surface area contributed by atoms with Crippen molar-refractivity contribution in [1.29, 1.82) is 0 Å². The molecule has 15 heavy (non-hydrogen) atoms. The lowest BCUT2D eigenvalue weighted by Gasteiger charge is -2.11. The van der Waals surface area contributed by atoms with E-state index in [1.807, 2.05) is 0 Å². The van der Waals surface area contributed by atoms with Gasteiger partial charge in [0, 0.05) is 6.20 Å². The van der Waals surface area contributed by atoms with Crippen molar-refractivity contribution in [1.82, 2.24) is 4.98 Å². The molecule has 4 nitrogen and oxygen atoms in total. The highest BCUT2D eigenvalue weighted by Gasteiger charge is 2.22. The Morgan fingerprint density at radius 3 is 2.60 bits per heavy atom. The van der Waals surface area contributed by atoms with E-state index in [9.17, 15) is 13.6 Å². The Morgan fingerprint density at radius 1 is 1.60 bits per heavy atom. The van der Waals surface area contributed by atoms with Crippen LogP contribution >= 0.6 is 0 Å². The molecule has 1 aromatic heterocycles. The van der Waals surface area contributed by atoms with Crippen LogP contribution in [0.3, 0.4) is 0 Å². The molecule has 0 radical (unpaired) electrons. The van der Waals surface area contributed by atoms with Gasteiger partial charge in [0.25, 0.3) is 6.43 Å². The van der Waals surface area contributed by atoms with Crippen LogP contribution in [0.4, 0.5) is 8.78 Å². The second-order valence-corrected chi connectivity index (χ2v) is 2.83. The SMILES string of the molecule is COc1ncc(C(=O)O)c(C)c1C(F)F. The van der Waals surface area contributed by atoms with Gasteiger partial charge in [0.15, 0.2) is 0 Å². The standard InChI is InChI=1S/C9H9F2NO3/c1-4-5(9(13)14)3-12-8(15-2)6(4)7(10)11/h3,7H,1-2H3,(H,13,14). The number of carboxylic acids is 1. The van der Waals surface area contributed by atoms with Crippen molar-refractivity contribution in [3.8, 4) is 5.88 Å². The lowest BCUT2D eigenvalue weighted by atomic mass is 10.1. The monoisotopic (exact) mass is 217 g/mol. The third-order valence-electron chi connectivity index (χ3n) is 1.99. The minimum Gasteiger partial charge on any atom is -0.481 e. The molecular weight excluding hydrogens is 208 g/mol. The number of rotatable bonds is 3. The zero-order chi connectivity index (χ0) is 11.6. The third kappa shape index (κ3) is 2.03. The lowest BCUT2D eigenvalue weighted by Crippen LogP contribution is -2.07. The average molecular weight is 217 g/mol. The van der Waals surface area contributed by atoms with Crippen molar-refractivity contribution >= 4 is 5.97 Å². The smallest absolute Gasteiger partial charge is 0.337 e. The van der Waals surface area contributed by atoms with Gasteiger partial charge >= 0.3 is 5.97 Å². The number of methoxy groups -OCH3 is 1. The zero-order valence-electron chi connectivity index (χ0n) is 8.12. The number of carbonyl (C=O) groups is 1. The van der Waals surface area contributed by atoms with Gasteiger partial charge in [-0.05, 0) is 12.5 Å². The highest BCUT2D eigenvalue weighted by molar-refractivity contribution is 5.89. The van der Waals surface area contributed by atoms with Crippen molar-refractivity contribution in [2.45, 2.75) is 13.3 Å². The van der Waals surface area contributed by atoms with E-state index in [-0.39, 0.29) is 17.0 Å². The molecule has 1 N–H and O–H groups in total. The van der Waals surface area contributed by atoms with Gasteiger partial charge in [0.2, 0.25) is 5.88 Å². The minimum atomic E-state index is -2.81. The van der Waals surface area contributed by atoms with Crippen LogP contribution in [0.2, 0.25) is 0 Å². The first-order chi connectivity index (χ1) is 6.99. The van der Waals surface area contributed by atoms with Gasteiger partial charge in [0.1, 0.15) is 0 Å². The molecule has 1 heterocycles. The molecular formula is C9H9F2NO3. The first-order valence-electron chi connectivity index (χ1n) is 4.04. The summed E-state index contributed by atoms with van der Waals surface area (Å²) < 4.78 is 29.8. The summed E-state index contributed by atoms with van der Waals surface area (Å²) in [5.41, 5.74) is -0.743. The maximum Gasteiger partial charge on any atom is 0.337 e. The Bertz CT molecular complexity index is 393. The predicted octanol–water partition coefficient (Wildman–Crippen LogP) is 2.03. The topological polar surface area (TPSA) is 59.4 Å². The van der Waals surface area contributed by atoms with E-state index in [4.69, 9.17) is 5.11 Å². The highest BCUT2D eigenvalue weighted by atomic mass is 19.3. The number of alkyl halides is 2. The molecule has 0 saturated carbocycles. The van der Waals surface area contributed by atoms with Crippen LogP contribution in [0.5, 0.6) is 5.88 Å². The van der Waals surface area contributed by atoms with E-state index in [0.29, 0.717) is 0 Å². The van der Waals surface area contributed by atoms with E-state index in [1.54, 1.807) is 0 Å². The first kappa shape index (κ1) is 11.4. The normalized spacial score (nSPS) is 10.5. The van der Waals surface area contributed by atoms with Crippen LogP contribution in [0, 0.1) is 6.92 Å². The average Bonchev–Trinajstić information content (AvgIpc) is 2.15. The number of ether oxygens (including phenoxy) is 1. The maximum absolute atomic E-state index is 12.6. The molecule has 82 valence electrons. The number of carboxylic acid groups (broad SMARTS) is 1. The Morgan fingerprint density at radius 2 is 2.20 bits per heavy atom. The van der Waals surface area contributed by atoms with Crippen molar-refractivity contribution in [3.63, 3.8) is 0 Å². The fourth-order valence-corrected chi connectivity index (χ4v) is 1.23. The van der Waals surface area contributed by atoms with E-state index in [0.717, 1.165) is 6.20 Å². The summed E-state index contributed by atoms with van der Waals surface area (Å²) in [6.45, 7) is 1.30. The molecule has 0 aliphatic carbocycles. The Labute approximate surface area is 84.5 Å². The summed E-state index contributed by atoms with van der Waals surface area (Å²) in [5, 5.41) is 8.71. The predicted molar refractivity (Wildman–Crippen MR) is 47.4 cm³/mol.